The topological polar surface area (TPSA) is 106 Å². The van der Waals surface area contributed by atoms with Gasteiger partial charge in [-0.2, -0.15) is 4.98 Å². The molecular weight excluding hydrogens is 484 g/mol. The van der Waals surface area contributed by atoms with Gasteiger partial charge in [-0.3, -0.25) is 4.79 Å². The standard InChI is InChI=1S/C27H23F2N3O5/c1-30-26(34)16-8-4-14(5-9-16)13-2-6-15(7-3-13)21-17(28)10-18-23(22(21)29)32-27(31-18)37-20-12-36-24-19(33)11-35-25(20)24/h2-10,19-20,24-25,33H,11-12H2,1H3,(H,30,34)(H,31,32). The molecule has 3 heterocycles. The van der Waals surface area contributed by atoms with Gasteiger partial charge in [-0.05, 0) is 28.8 Å². The third kappa shape index (κ3) is 4.12. The van der Waals surface area contributed by atoms with E-state index in [1.165, 1.54) is 6.07 Å². The number of ether oxygens (including phenoxy) is 3. The lowest BCUT2D eigenvalue weighted by atomic mass is 9.98. The van der Waals surface area contributed by atoms with Crippen molar-refractivity contribution in [3.05, 3.63) is 71.8 Å². The Morgan fingerprint density at radius 2 is 1.68 bits per heavy atom. The number of aromatic nitrogens is 2. The molecule has 1 amide bonds. The molecule has 2 fully saturated rings. The van der Waals surface area contributed by atoms with Crippen molar-refractivity contribution in [3.8, 4) is 28.3 Å². The number of halogens is 2. The smallest absolute Gasteiger partial charge is 0.295 e. The molecule has 2 saturated heterocycles. The van der Waals surface area contributed by atoms with E-state index in [1.54, 1.807) is 43.4 Å². The lowest BCUT2D eigenvalue weighted by molar-refractivity contribution is 0.00706. The summed E-state index contributed by atoms with van der Waals surface area (Å²) in [7, 11) is 1.57. The van der Waals surface area contributed by atoms with Crippen LogP contribution in [0.4, 0.5) is 8.78 Å². The lowest BCUT2D eigenvalue weighted by Crippen LogP contribution is -2.34. The molecule has 3 aromatic carbocycles. The average Bonchev–Trinajstić information content (AvgIpc) is 3.61. The number of nitrogens with zero attached hydrogens (tertiary/aromatic N) is 1. The van der Waals surface area contributed by atoms with Crippen LogP contribution < -0.4 is 10.1 Å². The maximum atomic E-state index is 15.5. The molecule has 0 spiro atoms. The number of H-pyrrole nitrogens is 1. The zero-order valence-corrected chi connectivity index (χ0v) is 19.7. The fraction of sp³-hybridized carbons (Fsp3) is 0.259. The second-order valence-electron chi connectivity index (χ2n) is 9.04. The molecule has 3 N–H and O–H groups in total. The van der Waals surface area contributed by atoms with E-state index in [-0.39, 0.29) is 41.7 Å². The minimum Gasteiger partial charge on any atom is -0.456 e. The zero-order chi connectivity index (χ0) is 25.7. The van der Waals surface area contributed by atoms with Crippen LogP contribution in [0.3, 0.4) is 0 Å². The Labute approximate surface area is 210 Å². The minimum absolute atomic E-state index is 0.0141. The highest BCUT2D eigenvalue weighted by Crippen LogP contribution is 2.34. The van der Waals surface area contributed by atoms with Gasteiger partial charge in [0.1, 0.15) is 29.6 Å². The Morgan fingerprint density at radius 3 is 2.38 bits per heavy atom. The Balaban J connectivity index is 1.26. The number of benzene rings is 3. The van der Waals surface area contributed by atoms with Crippen molar-refractivity contribution < 1.29 is 32.9 Å². The maximum Gasteiger partial charge on any atom is 0.295 e. The van der Waals surface area contributed by atoms with E-state index < -0.39 is 36.1 Å². The number of rotatable bonds is 5. The maximum absolute atomic E-state index is 15.5. The van der Waals surface area contributed by atoms with Gasteiger partial charge in [0, 0.05) is 18.7 Å². The fourth-order valence-corrected chi connectivity index (χ4v) is 4.85. The summed E-state index contributed by atoms with van der Waals surface area (Å²) >= 11 is 0. The number of hydrogen-bond acceptors (Lipinski definition) is 6. The van der Waals surface area contributed by atoms with E-state index in [9.17, 15) is 9.90 Å². The summed E-state index contributed by atoms with van der Waals surface area (Å²) in [5, 5.41) is 12.5. The van der Waals surface area contributed by atoms with Crippen molar-refractivity contribution in [2.24, 2.45) is 0 Å². The number of fused-ring (bicyclic) bond motifs is 2. The summed E-state index contributed by atoms with van der Waals surface area (Å²) in [6.45, 7) is 0.338. The molecule has 1 aromatic heterocycles. The quantitative estimate of drug-likeness (QED) is 0.382. The molecule has 0 radical (unpaired) electrons. The third-order valence-electron chi connectivity index (χ3n) is 6.77. The molecule has 4 atom stereocenters. The number of aromatic amines is 1. The molecule has 10 heteroatoms. The molecule has 37 heavy (non-hydrogen) atoms. The molecule has 4 aromatic rings. The first-order valence-electron chi connectivity index (χ1n) is 11.8. The summed E-state index contributed by atoms with van der Waals surface area (Å²) in [5.41, 5.74) is 2.50. The molecular formula is C27H23F2N3O5. The molecule has 6 rings (SSSR count). The first kappa shape index (κ1) is 23.5. The normalized spacial score (nSPS) is 22.8. The van der Waals surface area contributed by atoms with Crippen LogP contribution in [-0.2, 0) is 9.47 Å². The Morgan fingerprint density at radius 1 is 1.03 bits per heavy atom. The number of carbonyl (C=O) groups is 1. The number of aliphatic hydroxyl groups excluding tert-OH is 1. The molecule has 0 saturated carbocycles. The second-order valence-corrected chi connectivity index (χ2v) is 9.04. The van der Waals surface area contributed by atoms with E-state index in [2.05, 4.69) is 15.3 Å². The summed E-state index contributed by atoms with van der Waals surface area (Å²) in [4.78, 5) is 18.8. The van der Waals surface area contributed by atoms with Crippen LogP contribution in [0.5, 0.6) is 6.01 Å². The third-order valence-corrected chi connectivity index (χ3v) is 6.77. The molecule has 4 unspecified atom stereocenters. The first-order valence-corrected chi connectivity index (χ1v) is 11.8. The van der Waals surface area contributed by atoms with Gasteiger partial charge in [0.2, 0.25) is 0 Å². The Kier molecular flexibility index (Phi) is 5.86. The highest BCUT2D eigenvalue weighted by molar-refractivity contribution is 5.94. The van der Waals surface area contributed by atoms with Crippen LogP contribution in [0.15, 0.2) is 54.6 Å². The number of hydrogen-bond donors (Lipinski definition) is 3. The van der Waals surface area contributed by atoms with Crippen molar-refractivity contribution >= 4 is 16.9 Å². The SMILES string of the molecule is CNC(=O)c1ccc(-c2ccc(-c3c(F)cc4[nH]c(OC5COC6C(O)COC56)nc4c3F)cc2)cc1. The minimum atomic E-state index is -0.808. The number of aliphatic hydroxyl groups is 1. The van der Waals surface area contributed by atoms with Crippen LogP contribution in [-0.4, -0.2) is 65.7 Å². The molecule has 190 valence electrons. The van der Waals surface area contributed by atoms with Gasteiger partial charge in [-0.25, -0.2) is 8.78 Å². The molecule has 2 aliphatic rings. The van der Waals surface area contributed by atoms with Crippen molar-refractivity contribution in [1.29, 1.82) is 0 Å². The highest BCUT2D eigenvalue weighted by atomic mass is 19.1. The Hall–Kier alpha value is -3.86. The summed E-state index contributed by atoms with van der Waals surface area (Å²) in [6, 6.07) is 15.0. The van der Waals surface area contributed by atoms with E-state index in [4.69, 9.17) is 14.2 Å². The Bertz CT molecular complexity index is 1470. The predicted molar refractivity (Wildman–Crippen MR) is 130 cm³/mol. The van der Waals surface area contributed by atoms with Crippen molar-refractivity contribution in [1.82, 2.24) is 15.3 Å². The van der Waals surface area contributed by atoms with E-state index in [0.29, 0.717) is 11.1 Å². The van der Waals surface area contributed by atoms with Crippen molar-refractivity contribution in [3.63, 3.8) is 0 Å². The zero-order valence-electron chi connectivity index (χ0n) is 19.7. The van der Waals surface area contributed by atoms with Gasteiger partial charge in [0.25, 0.3) is 11.9 Å². The van der Waals surface area contributed by atoms with E-state index in [1.807, 2.05) is 12.1 Å². The van der Waals surface area contributed by atoms with Gasteiger partial charge in [-0.15, -0.1) is 0 Å². The number of carbonyl (C=O) groups excluding carboxylic acids is 1. The van der Waals surface area contributed by atoms with Gasteiger partial charge >= 0.3 is 0 Å². The van der Waals surface area contributed by atoms with Crippen LogP contribution in [0.1, 0.15) is 10.4 Å². The van der Waals surface area contributed by atoms with Gasteiger partial charge in [0.05, 0.1) is 24.3 Å². The summed E-state index contributed by atoms with van der Waals surface area (Å²) in [5.74, 6) is -1.73. The monoisotopic (exact) mass is 507 g/mol. The fourth-order valence-electron chi connectivity index (χ4n) is 4.85. The lowest BCUT2D eigenvalue weighted by Gasteiger charge is -2.15. The van der Waals surface area contributed by atoms with E-state index >= 15 is 8.78 Å². The summed E-state index contributed by atoms with van der Waals surface area (Å²) < 4.78 is 47.4. The first-order chi connectivity index (χ1) is 17.9. The molecule has 2 aliphatic heterocycles. The average molecular weight is 507 g/mol. The van der Waals surface area contributed by atoms with Crippen LogP contribution in [0, 0.1) is 11.6 Å². The molecule has 0 bridgehead atoms. The van der Waals surface area contributed by atoms with Gasteiger partial charge in [0.15, 0.2) is 11.9 Å². The largest absolute Gasteiger partial charge is 0.456 e. The number of nitrogens with one attached hydrogen (secondary N) is 2. The van der Waals surface area contributed by atoms with E-state index in [0.717, 1.165) is 11.1 Å². The summed E-state index contributed by atoms with van der Waals surface area (Å²) in [6.07, 6.45) is -2.20. The van der Waals surface area contributed by atoms with Crippen molar-refractivity contribution in [2.75, 3.05) is 20.3 Å². The number of amides is 1. The van der Waals surface area contributed by atoms with Crippen LogP contribution >= 0.6 is 0 Å². The van der Waals surface area contributed by atoms with Crippen LogP contribution in [0.25, 0.3) is 33.3 Å². The predicted octanol–water partition coefficient (Wildman–Crippen LogP) is 3.44. The number of imidazole rings is 1. The van der Waals surface area contributed by atoms with Gasteiger partial charge in [-0.1, -0.05) is 36.4 Å². The molecule has 8 nitrogen and oxygen atoms in total. The molecule has 0 aliphatic carbocycles. The second kappa shape index (κ2) is 9.22. The van der Waals surface area contributed by atoms with Crippen LogP contribution in [0.2, 0.25) is 0 Å². The highest BCUT2D eigenvalue weighted by Gasteiger charge is 2.48. The van der Waals surface area contributed by atoms with Gasteiger partial charge < -0.3 is 29.6 Å². The van der Waals surface area contributed by atoms with Crippen molar-refractivity contribution in [2.45, 2.75) is 24.4 Å².